The highest BCUT2D eigenvalue weighted by Gasteiger charge is 2.37. The number of benzene rings is 1. The second kappa shape index (κ2) is 10.2. The van der Waals surface area contributed by atoms with Crippen molar-refractivity contribution in [3.63, 3.8) is 0 Å². The van der Waals surface area contributed by atoms with E-state index in [9.17, 15) is 9.59 Å². The number of carbonyl (C=O) groups is 2. The first-order valence-corrected chi connectivity index (χ1v) is 12.1. The number of rotatable bonds is 6. The van der Waals surface area contributed by atoms with Crippen LogP contribution >= 0.6 is 23.4 Å². The van der Waals surface area contributed by atoms with Gasteiger partial charge in [-0.25, -0.2) is 4.79 Å². The molecule has 1 unspecified atom stereocenters. The van der Waals surface area contributed by atoms with Gasteiger partial charge in [-0.15, -0.1) is 0 Å². The van der Waals surface area contributed by atoms with Gasteiger partial charge in [-0.2, -0.15) is 0 Å². The van der Waals surface area contributed by atoms with E-state index >= 15 is 0 Å². The lowest BCUT2D eigenvalue weighted by atomic mass is 9.97. The van der Waals surface area contributed by atoms with E-state index in [1.165, 1.54) is 29.6 Å². The summed E-state index contributed by atoms with van der Waals surface area (Å²) in [5, 5.41) is 0.558. The van der Waals surface area contributed by atoms with E-state index in [4.69, 9.17) is 21.1 Å². The number of ether oxygens (including phenoxy) is 2. The summed E-state index contributed by atoms with van der Waals surface area (Å²) in [6, 6.07) is 6.87. The maximum absolute atomic E-state index is 12.6. The molecule has 0 aromatic heterocycles. The Hall–Kier alpha value is -1.76. The van der Waals surface area contributed by atoms with Gasteiger partial charge < -0.3 is 9.47 Å². The van der Waals surface area contributed by atoms with Gasteiger partial charge in [-0.05, 0) is 54.2 Å². The van der Waals surface area contributed by atoms with E-state index in [2.05, 4.69) is 11.0 Å². The molecule has 2 atom stereocenters. The first kappa shape index (κ1) is 22.4. The van der Waals surface area contributed by atoms with Gasteiger partial charge in [0, 0.05) is 24.5 Å². The summed E-state index contributed by atoms with van der Waals surface area (Å²) in [6.45, 7) is 1.37. The first-order valence-electron chi connectivity index (χ1n) is 10.9. The van der Waals surface area contributed by atoms with E-state index in [0.717, 1.165) is 37.8 Å². The lowest BCUT2D eigenvalue weighted by Gasteiger charge is -2.34. The van der Waals surface area contributed by atoms with Crippen LogP contribution in [0.5, 0.6) is 0 Å². The molecule has 7 heteroatoms. The van der Waals surface area contributed by atoms with Gasteiger partial charge >= 0.3 is 11.9 Å². The van der Waals surface area contributed by atoms with Crippen molar-refractivity contribution in [2.24, 2.45) is 0 Å². The van der Waals surface area contributed by atoms with Crippen molar-refractivity contribution in [2.75, 3.05) is 20.2 Å². The number of nitrogens with zero attached hydrogens (tertiary/aromatic N) is 1. The summed E-state index contributed by atoms with van der Waals surface area (Å²) in [5.74, 6) is -0.447. The van der Waals surface area contributed by atoms with Gasteiger partial charge in [-0.3, -0.25) is 9.69 Å². The quantitative estimate of drug-likeness (QED) is 0.417. The molecule has 1 aliphatic carbocycles. The van der Waals surface area contributed by atoms with E-state index < -0.39 is 6.04 Å². The van der Waals surface area contributed by atoms with Gasteiger partial charge in [0.1, 0.15) is 6.04 Å². The first-order chi connectivity index (χ1) is 15.0. The lowest BCUT2D eigenvalue weighted by Crippen LogP contribution is -2.39. The van der Waals surface area contributed by atoms with Crippen LogP contribution in [0.4, 0.5) is 0 Å². The number of allylic oxidation sites excluding steroid dienone is 1. The Balaban J connectivity index is 1.39. The van der Waals surface area contributed by atoms with Gasteiger partial charge in [0.15, 0.2) is 5.44 Å². The largest absolute Gasteiger partial charge is 0.468 e. The molecule has 0 fully saturated rings. The Morgan fingerprint density at radius 2 is 2.10 bits per heavy atom. The minimum absolute atomic E-state index is 0.133. The maximum Gasteiger partial charge on any atom is 0.327 e. The van der Waals surface area contributed by atoms with E-state index in [-0.39, 0.29) is 17.4 Å². The van der Waals surface area contributed by atoms with Crippen molar-refractivity contribution in [3.05, 3.63) is 57.0 Å². The molecule has 1 aromatic carbocycles. The van der Waals surface area contributed by atoms with Crippen LogP contribution in [0.15, 0.2) is 46.4 Å². The Morgan fingerprint density at radius 3 is 2.84 bits per heavy atom. The molecular formula is C24H28ClNO4S. The molecule has 4 rings (SSSR count). The highest BCUT2D eigenvalue weighted by molar-refractivity contribution is 8.03. The number of thioether (sulfide) groups is 1. The molecule has 166 valence electrons. The normalized spacial score (nSPS) is 22.5. The molecule has 0 bridgehead atoms. The van der Waals surface area contributed by atoms with Crippen LogP contribution in [0.25, 0.3) is 0 Å². The summed E-state index contributed by atoms with van der Waals surface area (Å²) in [5.41, 5.74) is 3.05. The molecule has 0 N–H and O–H groups in total. The van der Waals surface area contributed by atoms with Crippen LogP contribution < -0.4 is 0 Å². The zero-order chi connectivity index (χ0) is 21.8. The summed E-state index contributed by atoms with van der Waals surface area (Å²) >= 11 is 8.06. The van der Waals surface area contributed by atoms with Crippen molar-refractivity contribution in [2.45, 2.75) is 56.4 Å². The average Bonchev–Trinajstić information content (AvgIpc) is 3.17. The molecule has 0 saturated heterocycles. The topological polar surface area (TPSA) is 55.8 Å². The molecule has 0 saturated carbocycles. The molecule has 0 amide bonds. The standard InChI is InChI=1S/C24H28ClNO4S/c1-29-24(28)23(18-9-5-6-10-19(18)25)26-12-11-20-17(15-26)14-22(31-20)30-21(27)13-16-7-3-2-4-8-16/h5-7,9-10,22-23H,2-4,8,11-15H2,1H3/t22?,23-/m0/s1. The number of methoxy groups -OCH3 is 1. The molecule has 2 aliphatic heterocycles. The predicted octanol–water partition coefficient (Wildman–Crippen LogP) is 5.41. The monoisotopic (exact) mass is 461 g/mol. The zero-order valence-corrected chi connectivity index (χ0v) is 19.3. The third-order valence-corrected chi connectivity index (χ3v) is 7.76. The van der Waals surface area contributed by atoms with E-state index in [0.29, 0.717) is 24.4 Å². The van der Waals surface area contributed by atoms with Gasteiger partial charge in [0.05, 0.1) is 13.5 Å². The zero-order valence-electron chi connectivity index (χ0n) is 17.8. The SMILES string of the molecule is COC(=O)[C@H](c1ccccc1Cl)N1CCC2=C(CC(OC(=O)CC3=CCCCC3)S2)C1. The number of hydrogen-bond donors (Lipinski definition) is 0. The average molecular weight is 462 g/mol. The Labute approximate surface area is 192 Å². The summed E-state index contributed by atoms with van der Waals surface area (Å²) in [6.07, 6.45) is 8.59. The minimum atomic E-state index is -0.544. The third-order valence-electron chi connectivity index (χ3n) is 6.11. The van der Waals surface area contributed by atoms with Crippen LogP contribution in [-0.4, -0.2) is 42.5 Å². The fourth-order valence-electron chi connectivity index (χ4n) is 4.56. The third kappa shape index (κ3) is 5.36. The second-order valence-electron chi connectivity index (χ2n) is 8.22. The van der Waals surface area contributed by atoms with Crippen molar-refractivity contribution >= 4 is 35.3 Å². The molecule has 1 aromatic rings. The molecule has 2 heterocycles. The summed E-state index contributed by atoms with van der Waals surface area (Å²) in [4.78, 5) is 28.5. The molecule has 31 heavy (non-hydrogen) atoms. The number of hydrogen-bond acceptors (Lipinski definition) is 6. The van der Waals surface area contributed by atoms with Gasteiger partial charge in [-0.1, -0.05) is 53.2 Å². The fraction of sp³-hybridized carbons (Fsp3) is 0.500. The molecule has 3 aliphatic rings. The predicted molar refractivity (Wildman–Crippen MR) is 123 cm³/mol. The highest BCUT2D eigenvalue weighted by atomic mass is 35.5. The molecule has 0 radical (unpaired) electrons. The smallest absolute Gasteiger partial charge is 0.327 e. The Morgan fingerprint density at radius 1 is 1.26 bits per heavy atom. The summed E-state index contributed by atoms with van der Waals surface area (Å²) < 4.78 is 10.9. The van der Waals surface area contributed by atoms with E-state index in [1.54, 1.807) is 17.8 Å². The fourth-order valence-corrected chi connectivity index (χ4v) is 6.08. The minimum Gasteiger partial charge on any atom is -0.468 e. The van der Waals surface area contributed by atoms with Gasteiger partial charge in [0.2, 0.25) is 0 Å². The van der Waals surface area contributed by atoms with Crippen LogP contribution in [0.1, 0.15) is 56.6 Å². The van der Waals surface area contributed by atoms with Crippen molar-refractivity contribution in [1.29, 1.82) is 0 Å². The molecule has 5 nitrogen and oxygen atoms in total. The van der Waals surface area contributed by atoms with Crippen LogP contribution in [-0.2, 0) is 19.1 Å². The van der Waals surface area contributed by atoms with Gasteiger partial charge in [0.25, 0.3) is 0 Å². The Kier molecular flexibility index (Phi) is 7.41. The Bertz CT molecular complexity index is 913. The van der Waals surface area contributed by atoms with Crippen LogP contribution in [0, 0.1) is 0 Å². The highest BCUT2D eigenvalue weighted by Crippen LogP contribution is 2.44. The summed E-state index contributed by atoms with van der Waals surface area (Å²) in [7, 11) is 1.41. The lowest BCUT2D eigenvalue weighted by molar-refractivity contribution is -0.147. The van der Waals surface area contributed by atoms with E-state index in [1.807, 2.05) is 18.2 Å². The maximum atomic E-state index is 12.6. The van der Waals surface area contributed by atoms with Crippen molar-refractivity contribution in [3.8, 4) is 0 Å². The van der Waals surface area contributed by atoms with Crippen molar-refractivity contribution < 1.29 is 19.1 Å². The number of esters is 2. The second-order valence-corrected chi connectivity index (χ2v) is 9.88. The molecular weight excluding hydrogens is 434 g/mol. The number of carbonyl (C=O) groups excluding carboxylic acids is 2. The van der Waals surface area contributed by atoms with Crippen LogP contribution in [0.3, 0.4) is 0 Å². The molecule has 0 spiro atoms. The van der Waals surface area contributed by atoms with Crippen molar-refractivity contribution in [1.82, 2.24) is 4.90 Å². The van der Waals surface area contributed by atoms with Crippen LogP contribution in [0.2, 0.25) is 5.02 Å². The number of halogens is 1.